The molecular formula is C20H19F2NO4. The number of halogens is 2. The monoisotopic (exact) mass is 375 g/mol. The second-order valence-corrected chi connectivity index (χ2v) is 5.65. The zero-order valence-electron chi connectivity index (χ0n) is 14.8. The Labute approximate surface area is 155 Å². The van der Waals surface area contributed by atoms with E-state index in [1.165, 1.54) is 19.1 Å². The van der Waals surface area contributed by atoms with Gasteiger partial charge in [-0.1, -0.05) is 24.3 Å². The Balaban J connectivity index is 2.38. The van der Waals surface area contributed by atoms with Crippen molar-refractivity contribution in [2.24, 2.45) is 0 Å². The fourth-order valence-electron chi connectivity index (χ4n) is 2.39. The highest BCUT2D eigenvalue weighted by molar-refractivity contribution is 5.89. The number of carboxylic acid groups (broad SMARTS) is 1. The SMILES string of the molecule is C\C=C/C=C(\C=C(/C)OC(O)(F)F)n1ccc(-c2cccc(C(=O)O)c2)c1. The molecule has 0 aliphatic heterocycles. The van der Waals surface area contributed by atoms with Gasteiger partial charge < -0.3 is 19.5 Å². The van der Waals surface area contributed by atoms with Gasteiger partial charge >= 0.3 is 12.3 Å². The van der Waals surface area contributed by atoms with E-state index in [1.807, 2.05) is 6.92 Å². The Morgan fingerprint density at radius 2 is 2.00 bits per heavy atom. The van der Waals surface area contributed by atoms with E-state index >= 15 is 0 Å². The van der Waals surface area contributed by atoms with Crippen molar-refractivity contribution in [3.8, 4) is 11.1 Å². The quantitative estimate of drug-likeness (QED) is 0.417. The molecule has 0 amide bonds. The fraction of sp³-hybridized carbons (Fsp3) is 0.150. The molecule has 0 saturated carbocycles. The van der Waals surface area contributed by atoms with Crippen LogP contribution in [-0.2, 0) is 4.74 Å². The van der Waals surface area contributed by atoms with Crippen LogP contribution >= 0.6 is 0 Å². The first kappa shape index (κ1) is 20.1. The summed E-state index contributed by atoms with van der Waals surface area (Å²) in [6, 6.07) is 8.24. The van der Waals surface area contributed by atoms with Crippen molar-refractivity contribution < 1.29 is 28.5 Å². The number of rotatable bonds is 7. The minimum absolute atomic E-state index is 0.166. The number of allylic oxidation sites excluding steroid dienone is 6. The van der Waals surface area contributed by atoms with E-state index in [4.69, 9.17) is 10.2 Å². The largest absolute Gasteiger partial charge is 0.532 e. The molecule has 0 unspecified atom stereocenters. The van der Waals surface area contributed by atoms with Crippen molar-refractivity contribution in [3.05, 3.63) is 78.4 Å². The van der Waals surface area contributed by atoms with Gasteiger partial charge in [-0.15, -0.1) is 8.78 Å². The van der Waals surface area contributed by atoms with Crippen molar-refractivity contribution in [3.63, 3.8) is 0 Å². The lowest BCUT2D eigenvalue weighted by molar-refractivity contribution is -0.354. The number of aromatic carboxylic acids is 1. The standard InChI is InChI=1S/C20H19F2NO4/c1-3-4-8-18(11-14(2)27-20(21,22)26)23-10-9-17(13-23)15-6-5-7-16(12-15)19(24)25/h3-13,26H,1-2H3,(H,24,25)/b4-3-,14-11+,18-8+. The normalized spacial score (nSPS) is 13.2. The van der Waals surface area contributed by atoms with Gasteiger partial charge in [0.2, 0.25) is 0 Å². The van der Waals surface area contributed by atoms with Crippen LogP contribution in [0.25, 0.3) is 16.8 Å². The third kappa shape index (κ3) is 5.93. The third-order valence-corrected chi connectivity index (χ3v) is 3.53. The van der Waals surface area contributed by atoms with Crippen molar-refractivity contribution in [2.75, 3.05) is 0 Å². The lowest BCUT2D eigenvalue weighted by atomic mass is 10.1. The van der Waals surface area contributed by atoms with Crippen molar-refractivity contribution in [1.29, 1.82) is 0 Å². The van der Waals surface area contributed by atoms with E-state index in [9.17, 15) is 13.6 Å². The van der Waals surface area contributed by atoms with Gasteiger partial charge in [0.15, 0.2) is 0 Å². The Morgan fingerprint density at radius 1 is 1.26 bits per heavy atom. The molecule has 1 heterocycles. The van der Waals surface area contributed by atoms with E-state index in [2.05, 4.69) is 4.74 Å². The topological polar surface area (TPSA) is 71.7 Å². The predicted octanol–water partition coefficient (Wildman–Crippen LogP) is 4.73. The van der Waals surface area contributed by atoms with E-state index in [1.54, 1.807) is 59.5 Å². The molecule has 0 spiro atoms. The summed E-state index contributed by atoms with van der Waals surface area (Å²) in [5.41, 5.74) is 2.14. The van der Waals surface area contributed by atoms with Crippen molar-refractivity contribution >= 4 is 11.7 Å². The molecule has 0 fully saturated rings. The fourth-order valence-corrected chi connectivity index (χ4v) is 2.39. The molecule has 142 valence electrons. The number of carboxylic acids is 1. The number of alkyl halides is 2. The van der Waals surface area contributed by atoms with Crippen LogP contribution in [-0.4, -0.2) is 27.0 Å². The molecule has 0 bridgehead atoms. The van der Waals surface area contributed by atoms with Gasteiger partial charge in [-0.2, -0.15) is 0 Å². The summed E-state index contributed by atoms with van der Waals surface area (Å²) in [5, 5.41) is 17.6. The molecule has 0 aliphatic rings. The second kappa shape index (κ2) is 8.46. The summed E-state index contributed by atoms with van der Waals surface area (Å²) in [6.45, 7) is 3.11. The maximum atomic E-state index is 12.6. The van der Waals surface area contributed by atoms with Gasteiger partial charge in [-0.3, -0.25) is 0 Å². The molecule has 0 saturated heterocycles. The summed E-state index contributed by atoms with van der Waals surface area (Å²) in [7, 11) is 0. The maximum Gasteiger partial charge on any atom is 0.532 e. The molecule has 27 heavy (non-hydrogen) atoms. The highest BCUT2D eigenvalue weighted by Crippen LogP contribution is 2.24. The molecule has 5 nitrogen and oxygen atoms in total. The number of hydrogen-bond acceptors (Lipinski definition) is 3. The molecular weight excluding hydrogens is 356 g/mol. The van der Waals surface area contributed by atoms with E-state index in [0.717, 1.165) is 5.56 Å². The molecule has 0 aliphatic carbocycles. The van der Waals surface area contributed by atoms with E-state index in [0.29, 0.717) is 11.3 Å². The molecule has 2 aromatic rings. The minimum atomic E-state index is -4.26. The lowest BCUT2D eigenvalue weighted by Gasteiger charge is -2.12. The van der Waals surface area contributed by atoms with Gasteiger partial charge in [0.1, 0.15) is 5.76 Å². The van der Waals surface area contributed by atoms with Crippen LogP contribution in [0.4, 0.5) is 8.78 Å². The van der Waals surface area contributed by atoms with Crippen LogP contribution in [0.15, 0.2) is 72.8 Å². The minimum Gasteiger partial charge on any atom is -0.478 e. The third-order valence-electron chi connectivity index (χ3n) is 3.53. The Morgan fingerprint density at radius 3 is 2.63 bits per heavy atom. The van der Waals surface area contributed by atoms with Crippen LogP contribution in [0.5, 0.6) is 0 Å². The Bertz CT molecular complexity index is 905. The second-order valence-electron chi connectivity index (χ2n) is 5.65. The van der Waals surface area contributed by atoms with Crippen molar-refractivity contribution in [2.45, 2.75) is 20.1 Å². The average molecular weight is 375 g/mol. The van der Waals surface area contributed by atoms with Gasteiger partial charge in [0.25, 0.3) is 0 Å². The zero-order valence-corrected chi connectivity index (χ0v) is 14.8. The highest BCUT2D eigenvalue weighted by Gasteiger charge is 2.27. The van der Waals surface area contributed by atoms with Gasteiger partial charge in [0.05, 0.1) is 5.56 Å². The molecule has 0 radical (unpaired) electrons. The molecule has 0 atom stereocenters. The smallest absolute Gasteiger partial charge is 0.478 e. The summed E-state index contributed by atoms with van der Waals surface area (Å²) < 4.78 is 31.0. The number of aliphatic hydroxyl groups is 1. The number of carbonyl (C=O) groups is 1. The first-order valence-electron chi connectivity index (χ1n) is 8.02. The van der Waals surface area contributed by atoms with Crippen LogP contribution in [0.3, 0.4) is 0 Å². The number of benzene rings is 1. The van der Waals surface area contributed by atoms with Crippen LogP contribution in [0, 0.1) is 0 Å². The van der Waals surface area contributed by atoms with E-state index < -0.39 is 12.3 Å². The first-order valence-corrected chi connectivity index (χ1v) is 8.02. The Kier molecular flexibility index (Phi) is 6.31. The molecule has 1 aromatic carbocycles. The molecule has 2 N–H and O–H groups in total. The molecule has 2 rings (SSSR count). The molecule has 7 heteroatoms. The van der Waals surface area contributed by atoms with Gasteiger partial charge in [-0.05, 0) is 55.3 Å². The predicted molar refractivity (Wildman–Crippen MR) is 97.9 cm³/mol. The number of nitrogens with zero attached hydrogens (tertiary/aromatic N) is 1. The Hall–Kier alpha value is -3.19. The van der Waals surface area contributed by atoms with Gasteiger partial charge in [-0.25, -0.2) is 4.79 Å². The van der Waals surface area contributed by atoms with Crippen LogP contribution < -0.4 is 0 Å². The highest BCUT2D eigenvalue weighted by atomic mass is 19.3. The average Bonchev–Trinajstić information content (AvgIpc) is 3.07. The van der Waals surface area contributed by atoms with Crippen molar-refractivity contribution in [1.82, 2.24) is 4.57 Å². The number of aromatic nitrogens is 1. The molecule has 1 aromatic heterocycles. The van der Waals surface area contributed by atoms with Gasteiger partial charge in [0, 0.05) is 18.1 Å². The van der Waals surface area contributed by atoms with Crippen LogP contribution in [0.2, 0.25) is 0 Å². The summed E-state index contributed by atoms with van der Waals surface area (Å²) in [6.07, 6.45) is 5.70. The maximum absolute atomic E-state index is 12.6. The first-order chi connectivity index (χ1) is 12.7. The number of hydrogen-bond donors (Lipinski definition) is 2. The summed E-state index contributed by atoms with van der Waals surface area (Å²) >= 11 is 0. The van der Waals surface area contributed by atoms with Crippen LogP contribution in [0.1, 0.15) is 24.2 Å². The zero-order chi connectivity index (χ0) is 20.0. The summed E-state index contributed by atoms with van der Waals surface area (Å²) in [5.74, 6) is -1.20. The van der Waals surface area contributed by atoms with E-state index in [-0.39, 0.29) is 11.3 Å². The number of ether oxygens (including phenoxy) is 1. The summed E-state index contributed by atoms with van der Waals surface area (Å²) in [4.78, 5) is 11.1. The lowest BCUT2D eigenvalue weighted by Crippen LogP contribution is -2.18.